The van der Waals surface area contributed by atoms with Gasteiger partial charge >= 0.3 is 5.97 Å². The minimum Gasteiger partial charge on any atom is -0.489 e. The van der Waals surface area contributed by atoms with Crippen molar-refractivity contribution in [3.63, 3.8) is 0 Å². The van der Waals surface area contributed by atoms with Gasteiger partial charge in [-0.2, -0.15) is 0 Å². The van der Waals surface area contributed by atoms with Crippen molar-refractivity contribution in [3.8, 4) is 5.75 Å². The molecule has 46 heavy (non-hydrogen) atoms. The summed E-state index contributed by atoms with van der Waals surface area (Å²) < 4.78 is 11.4. The highest BCUT2D eigenvalue weighted by Crippen LogP contribution is 2.19. The highest BCUT2D eigenvalue weighted by Gasteiger charge is 2.26. The fourth-order valence-electron chi connectivity index (χ4n) is 4.91. The predicted octanol–water partition coefficient (Wildman–Crippen LogP) is 6.01. The van der Waals surface area contributed by atoms with Gasteiger partial charge in [-0.25, -0.2) is 0 Å². The molecule has 0 spiro atoms. The van der Waals surface area contributed by atoms with E-state index in [1.54, 1.807) is 6.08 Å². The Morgan fingerprint density at radius 1 is 0.826 bits per heavy atom. The van der Waals surface area contributed by atoms with E-state index in [2.05, 4.69) is 23.8 Å². The highest BCUT2D eigenvalue weighted by atomic mass is 16.5. The normalized spacial score (nSPS) is 12.6. The number of aliphatic hydroxyl groups is 1. The molecule has 3 aromatic rings. The molecular weight excluding hydrogens is 580 g/mol. The van der Waals surface area contributed by atoms with E-state index in [1.807, 2.05) is 91.0 Å². The van der Waals surface area contributed by atoms with E-state index < -0.39 is 18.0 Å². The van der Waals surface area contributed by atoms with E-state index in [4.69, 9.17) is 9.47 Å². The second kappa shape index (κ2) is 20.4. The summed E-state index contributed by atoms with van der Waals surface area (Å²) in [5, 5.41) is 15.8. The van der Waals surface area contributed by atoms with Crippen LogP contribution >= 0.6 is 0 Å². The molecule has 0 saturated carbocycles. The third-order valence-corrected chi connectivity index (χ3v) is 7.46. The topological polar surface area (TPSA) is 114 Å². The Labute approximate surface area is 272 Å². The lowest BCUT2D eigenvalue weighted by Crippen LogP contribution is -2.42. The molecule has 3 atom stereocenters. The van der Waals surface area contributed by atoms with Crippen molar-refractivity contribution in [3.05, 3.63) is 127 Å². The number of allylic oxidation sites excluding steroid dienone is 2. The van der Waals surface area contributed by atoms with Crippen LogP contribution in [0.1, 0.15) is 61.3 Å². The minimum atomic E-state index is -0.696. The van der Waals surface area contributed by atoms with Crippen LogP contribution in [-0.4, -0.2) is 42.1 Å². The zero-order chi connectivity index (χ0) is 33.0. The van der Waals surface area contributed by atoms with Gasteiger partial charge in [0.25, 0.3) is 0 Å². The second-order valence-corrected chi connectivity index (χ2v) is 11.2. The number of esters is 1. The molecule has 3 N–H and O–H groups in total. The first kappa shape index (κ1) is 35.8. The van der Waals surface area contributed by atoms with Crippen LogP contribution in [0.4, 0.5) is 0 Å². The van der Waals surface area contributed by atoms with Crippen molar-refractivity contribution in [2.45, 2.75) is 63.6 Å². The summed E-state index contributed by atoms with van der Waals surface area (Å²) in [6, 6.07) is 25.6. The van der Waals surface area contributed by atoms with E-state index in [-0.39, 0.29) is 43.8 Å². The van der Waals surface area contributed by atoms with Gasteiger partial charge in [0.15, 0.2) is 0 Å². The van der Waals surface area contributed by atoms with Crippen molar-refractivity contribution in [1.29, 1.82) is 0 Å². The summed E-state index contributed by atoms with van der Waals surface area (Å²) in [7, 11) is 0. The molecular formula is C38H46N2O6. The Morgan fingerprint density at radius 3 is 2.17 bits per heavy atom. The number of hydrogen-bond acceptors (Lipinski definition) is 6. The van der Waals surface area contributed by atoms with Crippen LogP contribution in [-0.2, 0) is 32.1 Å². The van der Waals surface area contributed by atoms with Gasteiger partial charge in [-0.3, -0.25) is 14.4 Å². The summed E-state index contributed by atoms with van der Waals surface area (Å²) in [5.74, 6) is -1.00. The van der Waals surface area contributed by atoms with Crippen LogP contribution < -0.4 is 15.4 Å². The molecule has 0 saturated heterocycles. The molecule has 0 aromatic heterocycles. The molecule has 3 aromatic carbocycles. The van der Waals surface area contributed by atoms with Gasteiger partial charge in [-0.05, 0) is 60.9 Å². The fraction of sp³-hybridized carbons (Fsp3) is 0.342. The number of rotatable bonds is 21. The second-order valence-electron chi connectivity index (χ2n) is 11.2. The summed E-state index contributed by atoms with van der Waals surface area (Å²) in [6.45, 7) is 7.63. The molecule has 0 radical (unpaired) electrons. The number of benzene rings is 3. The van der Waals surface area contributed by atoms with Crippen molar-refractivity contribution >= 4 is 17.8 Å². The maximum atomic E-state index is 13.4. The molecule has 3 rings (SSSR count). The lowest BCUT2D eigenvalue weighted by atomic mass is 9.97. The summed E-state index contributed by atoms with van der Waals surface area (Å²) in [6.07, 6.45) is 6.70. The number of ether oxygens (including phenoxy) is 2. The Morgan fingerprint density at radius 2 is 1.52 bits per heavy atom. The van der Waals surface area contributed by atoms with Gasteiger partial charge in [0.1, 0.15) is 19.0 Å². The summed E-state index contributed by atoms with van der Waals surface area (Å²) >= 11 is 0. The standard InChI is InChI=1S/C38H46N2O6/c1-3-5-6-13-19-37(43)46-28-35(31-17-11-8-12-18-31)40-38(44)32(14-4-2)25-36(42)39-33(26-41)24-29-20-22-34(23-21-29)45-27-30-15-9-7-10-16-30/h3-4,7-12,15-18,20-23,32-33,35,41H,1-2,5-6,13-14,19,24-28H2,(H,39,42)(H,40,44)/t32-,33+,35-/m1/s1. The number of nitrogens with one attached hydrogen (secondary N) is 2. The molecule has 0 heterocycles. The monoisotopic (exact) mass is 626 g/mol. The molecule has 8 heteroatoms. The smallest absolute Gasteiger partial charge is 0.305 e. The van der Waals surface area contributed by atoms with Crippen LogP contribution in [0.5, 0.6) is 5.75 Å². The maximum absolute atomic E-state index is 13.4. The van der Waals surface area contributed by atoms with Crippen LogP contribution in [0.3, 0.4) is 0 Å². The van der Waals surface area contributed by atoms with E-state index in [0.29, 0.717) is 25.9 Å². The number of carbonyl (C=O) groups excluding carboxylic acids is 3. The average Bonchev–Trinajstić information content (AvgIpc) is 3.08. The number of hydrogen-bond donors (Lipinski definition) is 3. The van der Waals surface area contributed by atoms with Crippen LogP contribution in [0.25, 0.3) is 0 Å². The lowest BCUT2D eigenvalue weighted by molar-refractivity contribution is -0.145. The molecule has 0 unspecified atom stereocenters. The third kappa shape index (κ3) is 13.1. The Bertz CT molecular complexity index is 1360. The fourth-order valence-corrected chi connectivity index (χ4v) is 4.91. The minimum absolute atomic E-state index is 0.0221. The first-order valence-electron chi connectivity index (χ1n) is 15.8. The van der Waals surface area contributed by atoms with Crippen LogP contribution in [0, 0.1) is 5.92 Å². The first-order chi connectivity index (χ1) is 22.4. The first-order valence-corrected chi connectivity index (χ1v) is 15.8. The summed E-state index contributed by atoms with van der Waals surface area (Å²) in [4.78, 5) is 38.8. The third-order valence-electron chi connectivity index (χ3n) is 7.46. The van der Waals surface area contributed by atoms with E-state index >= 15 is 0 Å². The van der Waals surface area contributed by atoms with E-state index in [1.165, 1.54) is 0 Å². The zero-order valence-corrected chi connectivity index (χ0v) is 26.4. The number of carbonyl (C=O) groups is 3. The van der Waals surface area contributed by atoms with Gasteiger partial charge in [0, 0.05) is 12.8 Å². The molecule has 0 aliphatic carbocycles. The van der Waals surface area contributed by atoms with Gasteiger partial charge in [0.05, 0.1) is 24.6 Å². The van der Waals surface area contributed by atoms with E-state index in [9.17, 15) is 19.5 Å². The molecule has 2 amide bonds. The SMILES string of the molecule is C=CCCCCC(=O)OC[C@@H](NC(=O)[C@H](CC=C)CC(=O)N[C@H](CO)Cc1ccc(OCc2ccccc2)cc1)c1ccccc1. The van der Waals surface area contributed by atoms with Crippen molar-refractivity contribution < 1.29 is 29.0 Å². The number of amides is 2. The maximum Gasteiger partial charge on any atom is 0.305 e. The van der Waals surface area contributed by atoms with E-state index in [0.717, 1.165) is 35.3 Å². The van der Waals surface area contributed by atoms with Crippen LogP contribution in [0.2, 0.25) is 0 Å². The lowest BCUT2D eigenvalue weighted by Gasteiger charge is -2.23. The molecule has 0 aliphatic rings. The highest BCUT2D eigenvalue weighted by molar-refractivity contribution is 5.86. The average molecular weight is 627 g/mol. The number of unbranched alkanes of at least 4 members (excludes halogenated alkanes) is 2. The van der Waals surface area contributed by atoms with Crippen LogP contribution in [0.15, 0.2) is 110 Å². The zero-order valence-electron chi connectivity index (χ0n) is 26.4. The van der Waals surface area contributed by atoms with Crippen molar-refractivity contribution in [1.82, 2.24) is 10.6 Å². The van der Waals surface area contributed by atoms with Gasteiger partial charge < -0.3 is 25.2 Å². The largest absolute Gasteiger partial charge is 0.489 e. The Kier molecular flexibility index (Phi) is 15.8. The molecule has 0 aliphatic heterocycles. The Hall–Kier alpha value is -4.69. The van der Waals surface area contributed by atoms with Gasteiger partial charge in [0.2, 0.25) is 11.8 Å². The quantitative estimate of drug-likeness (QED) is 0.0758. The van der Waals surface area contributed by atoms with Crippen molar-refractivity contribution in [2.24, 2.45) is 5.92 Å². The molecule has 244 valence electrons. The predicted molar refractivity (Wildman–Crippen MR) is 180 cm³/mol. The van der Waals surface area contributed by atoms with Gasteiger partial charge in [-0.15, -0.1) is 13.2 Å². The number of aliphatic hydroxyl groups excluding tert-OH is 1. The molecule has 0 fully saturated rings. The summed E-state index contributed by atoms with van der Waals surface area (Å²) in [5.41, 5.74) is 2.78. The van der Waals surface area contributed by atoms with Crippen molar-refractivity contribution in [2.75, 3.05) is 13.2 Å². The molecule has 0 bridgehead atoms. The Balaban J connectivity index is 1.54. The van der Waals surface area contributed by atoms with Gasteiger partial charge in [-0.1, -0.05) is 84.9 Å². The molecule has 8 nitrogen and oxygen atoms in total.